The number of carbonyl (C=O) groups excluding carboxylic acids is 2. The molecule has 0 spiro atoms. The van der Waals surface area contributed by atoms with Crippen molar-refractivity contribution < 1.29 is 23.8 Å². The van der Waals surface area contributed by atoms with Crippen LogP contribution in [0.15, 0.2) is 36.4 Å². The molecule has 2 aromatic rings. The Morgan fingerprint density at radius 1 is 1.26 bits per heavy atom. The number of rotatable bonds is 9. The Kier molecular flexibility index (Phi) is 8.30. The number of likely N-dealkylation sites (tertiary alicyclic amines) is 1. The first-order valence-corrected chi connectivity index (χ1v) is 11.5. The molecule has 1 fully saturated rings. The lowest BCUT2D eigenvalue weighted by Crippen LogP contribution is -2.66. The third-order valence-corrected chi connectivity index (χ3v) is 6.42. The van der Waals surface area contributed by atoms with Gasteiger partial charge in [-0.15, -0.1) is 0 Å². The van der Waals surface area contributed by atoms with Crippen molar-refractivity contribution in [3.63, 3.8) is 0 Å². The molecule has 184 valence electrons. The lowest BCUT2D eigenvalue weighted by molar-refractivity contribution is -0.129. The molecule has 3 N–H and O–H groups in total. The van der Waals surface area contributed by atoms with E-state index in [-0.39, 0.29) is 34.7 Å². The van der Waals surface area contributed by atoms with Gasteiger partial charge in [-0.3, -0.25) is 14.5 Å². The Balaban J connectivity index is 1.99. The van der Waals surface area contributed by atoms with Gasteiger partial charge in [-0.2, -0.15) is 0 Å². The van der Waals surface area contributed by atoms with Gasteiger partial charge in [0.25, 0.3) is 5.91 Å². The van der Waals surface area contributed by atoms with E-state index in [1.165, 1.54) is 20.2 Å². The third kappa shape index (κ3) is 5.25. The quantitative estimate of drug-likeness (QED) is 0.501. The molecule has 0 aromatic heterocycles. The number of amides is 2. The van der Waals surface area contributed by atoms with Crippen molar-refractivity contribution in [2.45, 2.75) is 31.3 Å². The number of ether oxygens (including phenoxy) is 1. The van der Waals surface area contributed by atoms with Gasteiger partial charge in [-0.1, -0.05) is 49.7 Å². The van der Waals surface area contributed by atoms with Crippen LogP contribution in [-0.2, 0) is 14.9 Å². The van der Waals surface area contributed by atoms with Crippen LogP contribution in [0.3, 0.4) is 0 Å². The monoisotopic (exact) mass is 491 g/mol. The summed E-state index contributed by atoms with van der Waals surface area (Å²) in [6.07, 6.45) is -0.684. The van der Waals surface area contributed by atoms with Crippen molar-refractivity contribution in [2.24, 2.45) is 0 Å². The standard InChI is InChI=1S/C25H31ClFN3O4/c1-15(2)17-7-5-6-8-19(17)25(13-30(14-25)11-16(31)12-34-4)24(33)29-22-10-21(27)20(26)9-18(22)23(32)28-3/h5-10,15-16,31H,11-14H2,1-4H3,(H,28,32)(H,29,33)/t16-/m0/s1. The first-order chi connectivity index (χ1) is 16.1. The van der Waals surface area contributed by atoms with E-state index in [4.69, 9.17) is 16.3 Å². The van der Waals surface area contributed by atoms with Gasteiger partial charge < -0.3 is 20.5 Å². The Morgan fingerprint density at radius 2 is 1.94 bits per heavy atom. The van der Waals surface area contributed by atoms with Gasteiger partial charge in [-0.25, -0.2) is 4.39 Å². The highest BCUT2D eigenvalue weighted by Gasteiger charge is 2.52. The van der Waals surface area contributed by atoms with Crippen LogP contribution in [0.2, 0.25) is 5.02 Å². The summed E-state index contributed by atoms with van der Waals surface area (Å²) < 4.78 is 19.3. The molecular formula is C25H31ClFN3O4. The number of benzene rings is 2. The zero-order chi connectivity index (χ0) is 25.0. The molecular weight excluding hydrogens is 461 g/mol. The smallest absolute Gasteiger partial charge is 0.253 e. The molecule has 0 aliphatic carbocycles. The normalized spacial score (nSPS) is 16.1. The average Bonchev–Trinajstić information content (AvgIpc) is 2.77. The molecule has 1 atom stereocenters. The molecule has 1 heterocycles. The minimum absolute atomic E-state index is 0.0468. The van der Waals surface area contributed by atoms with Crippen LogP contribution in [0.1, 0.15) is 41.3 Å². The van der Waals surface area contributed by atoms with E-state index in [2.05, 4.69) is 24.5 Å². The maximum atomic E-state index is 14.3. The molecule has 34 heavy (non-hydrogen) atoms. The molecule has 2 aromatic carbocycles. The SMILES string of the molecule is CNC(=O)c1cc(Cl)c(F)cc1NC(=O)C1(c2ccccc2C(C)C)CN(C[C@H](O)COC)C1. The van der Waals surface area contributed by atoms with Gasteiger partial charge in [0.05, 0.1) is 34.4 Å². The lowest BCUT2D eigenvalue weighted by atomic mass is 9.69. The van der Waals surface area contributed by atoms with Gasteiger partial charge in [0.1, 0.15) is 5.82 Å². The molecule has 0 radical (unpaired) electrons. The summed E-state index contributed by atoms with van der Waals surface area (Å²) in [6.45, 7) is 5.37. The highest BCUT2D eigenvalue weighted by atomic mass is 35.5. The maximum Gasteiger partial charge on any atom is 0.253 e. The van der Waals surface area contributed by atoms with Crippen LogP contribution in [0.5, 0.6) is 0 Å². The molecule has 9 heteroatoms. The van der Waals surface area contributed by atoms with E-state index >= 15 is 0 Å². The van der Waals surface area contributed by atoms with Gasteiger partial charge in [0.15, 0.2) is 0 Å². The Bertz CT molecular complexity index is 1060. The number of methoxy groups -OCH3 is 1. The summed E-state index contributed by atoms with van der Waals surface area (Å²) >= 11 is 5.89. The predicted octanol–water partition coefficient (Wildman–Crippen LogP) is 3.16. The number of nitrogens with one attached hydrogen (secondary N) is 2. The summed E-state index contributed by atoms with van der Waals surface area (Å²) in [4.78, 5) is 28.1. The van der Waals surface area contributed by atoms with Crippen molar-refractivity contribution in [1.29, 1.82) is 0 Å². The van der Waals surface area contributed by atoms with Crippen molar-refractivity contribution >= 4 is 29.1 Å². The molecule has 1 aliphatic rings. The number of nitrogens with zero attached hydrogens (tertiary/aromatic N) is 1. The van der Waals surface area contributed by atoms with E-state index in [9.17, 15) is 19.1 Å². The molecule has 7 nitrogen and oxygen atoms in total. The molecule has 3 rings (SSSR count). The molecule has 2 amide bonds. The van der Waals surface area contributed by atoms with E-state index in [1.807, 2.05) is 29.2 Å². The summed E-state index contributed by atoms with van der Waals surface area (Å²) in [6, 6.07) is 10.0. The fraction of sp³-hybridized carbons (Fsp3) is 0.440. The van der Waals surface area contributed by atoms with Crippen molar-refractivity contribution in [3.05, 3.63) is 63.9 Å². The topological polar surface area (TPSA) is 90.9 Å². The van der Waals surface area contributed by atoms with Crippen LogP contribution >= 0.6 is 11.6 Å². The largest absolute Gasteiger partial charge is 0.389 e. The molecule has 1 aliphatic heterocycles. The first kappa shape index (κ1) is 26.1. The number of halogens is 2. The fourth-order valence-electron chi connectivity index (χ4n) is 4.48. The third-order valence-electron chi connectivity index (χ3n) is 6.13. The van der Waals surface area contributed by atoms with Gasteiger partial charge in [0.2, 0.25) is 5.91 Å². The second kappa shape index (κ2) is 10.8. The number of hydrogen-bond donors (Lipinski definition) is 3. The molecule has 0 saturated carbocycles. The van der Waals surface area contributed by atoms with Crippen molar-refractivity contribution in [1.82, 2.24) is 10.2 Å². The Hall–Kier alpha value is -2.52. The van der Waals surface area contributed by atoms with Gasteiger partial charge in [0, 0.05) is 33.8 Å². The lowest BCUT2D eigenvalue weighted by Gasteiger charge is -2.50. The highest BCUT2D eigenvalue weighted by Crippen LogP contribution is 2.40. The average molecular weight is 492 g/mol. The van der Waals surface area contributed by atoms with E-state index in [1.54, 1.807) is 0 Å². The maximum absolute atomic E-state index is 14.3. The zero-order valence-corrected chi connectivity index (χ0v) is 20.6. The van der Waals surface area contributed by atoms with E-state index in [0.29, 0.717) is 19.6 Å². The summed E-state index contributed by atoms with van der Waals surface area (Å²) in [5.74, 6) is -1.42. The fourth-order valence-corrected chi connectivity index (χ4v) is 4.64. The second-order valence-electron chi connectivity index (χ2n) is 8.95. The highest BCUT2D eigenvalue weighted by molar-refractivity contribution is 6.31. The van der Waals surface area contributed by atoms with Crippen LogP contribution in [-0.4, -0.2) is 68.3 Å². The summed E-state index contributed by atoms with van der Waals surface area (Å²) in [5.41, 5.74) is 1.08. The van der Waals surface area contributed by atoms with Gasteiger partial charge in [-0.05, 0) is 29.2 Å². The summed E-state index contributed by atoms with van der Waals surface area (Å²) in [7, 11) is 2.96. The molecule has 0 bridgehead atoms. The number of aliphatic hydroxyl groups is 1. The Morgan fingerprint density at radius 3 is 2.56 bits per heavy atom. The van der Waals surface area contributed by atoms with Crippen LogP contribution < -0.4 is 10.6 Å². The Labute approximate surface area is 204 Å². The van der Waals surface area contributed by atoms with Crippen molar-refractivity contribution in [2.75, 3.05) is 45.7 Å². The van der Waals surface area contributed by atoms with Crippen molar-refractivity contribution in [3.8, 4) is 0 Å². The van der Waals surface area contributed by atoms with E-state index < -0.39 is 23.2 Å². The van der Waals surface area contributed by atoms with Crippen LogP contribution in [0.25, 0.3) is 0 Å². The van der Waals surface area contributed by atoms with Gasteiger partial charge >= 0.3 is 0 Å². The minimum atomic E-state index is -0.941. The number of β-amino-alcohol motifs (C(OH)–C–C–N with tert-alkyl or cyclic N) is 1. The number of hydrogen-bond acceptors (Lipinski definition) is 5. The predicted molar refractivity (Wildman–Crippen MR) is 130 cm³/mol. The molecule has 1 saturated heterocycles. The number of carbonyl (C=O) groups is 2. The first-order valence-electron chi connectivity index (χ1n) is 11.1. The van der Waals surface area contributed by atoms with Crippen LogP contribution in [0.4, 0.5) is 10.1 Å². The second-order valence-corrected chi connectivity index (χ2v) is 9.36. The van der Waals surface area contributed by atoms with E-state index in [0.717, 1.165) is 17.2 Å². The number of aliphatic hydroxyl groups excluding tert-OH is 1. The zero-order valence-electron chi connectivity index (χ0n) is 19.8. The molecule has 0 unspecified atom stereocenters. The number of anilines is 1. The minimum Gasteiger partial charge on any atom is -0.389 e. The van der Waals surface area contributed by atoms with Crippen LogP contribution in [0, 0.1) is 5.82 Å². The summed E-state index contributed by atoms with van der Waals surface area (Å²) in [5, 5.41) is 15.2.